The first-order chi connectivity index (χ1) is 10.5. The molecular formula is C19H30ClNO2. The van der Waals surface area contributed by atoms with Crippen LogP contribution in [0.1, 0.15) is 52.5 Å². The van der Waals surface area contributed by atoms with Gasteiger partial charge in [0.05, 0.1) is 5.41 Å². The first-order valence-corrected chi connectivity index (χ1v) is 8.46. The molecule has 0 aromatic heterocycles. The molecule has 1 aliphatic rings. The highest BCUT2D eigenvalue weighted by molar-refractivity contribution is 5.85. The van der Waals surface area contributed by atoms with E-state index in [0.717, 1.165) is 31.4 Å². The molecule has 0 unspecified atom stereocenters. The van der Waals surface area contributed by atoms with Gasteiger partial charge >= 0.3 is 5.97 Å². The van der Waals surface area contributed by atoms with Gasteiger partial charge in [0, 0.05) is 18.6 Å². The summed E-state index contributed by atoms with van der Waals surface area (Å²) in [5, 5.41) is 0. The van der Waals surface area contributed by atoms with Gasteiger partial charge in [-0.05, 0) is 46.1 Å². The maximum atomic E-state index is 12.6. The van der Waals surface area contributed by atoms with Crippen molar-refractivity contribution in [2.24, 2.45) is 0 Å². The second-order valence-corrected chi connectivity index (χ2v) is 6.86. The highest BCUT2D eigenvalue weighted by atomic mass is 35.5. The Morgan fingerprint density at radius 1 is 1.13 bits per heavy atom. The number of esters is 1. The molecule has 0 radical (unpaired) electrons. The molecule has 0 saturated heterocycles. The van der Waals surface area contributed by atoms with Crippen LogP contribution in [0.2, 0.25) is 0 Å². The van der Waals surface area contributed by atoms with Gasteiger partial charge in [-0.2, -0.15) is 0 Å². The number of benzene rings is 1. The van der Waals surface area contributed by atoms with Gasteiger partial charge < -0.3 is 4.74 Å². The lowest BCUT2D eigenvalue weighted by Gasteiger charge is -2.40. The van der Waals surface area contributed by atoms with Crippen LogP contribution >= 0.6 is 12.4 Å². The van der Waals surface area contributed by atoms with Gasteiger partial charge in [0.25, 0.3) is 0 Å². The number of rotatable bonds is 7. The lowest BCUT2D eigenvalue weighted by Crippen LogP contribution is -2.45. The molecule has 2 rings (SSSR count). The van der Waals surface area contributed by atoms with Crippen molar-refractivity contribution >= 4 is 18.4 Å². The Labute approximate surface area is 146 Å². The lowest BCUT2D eigenvalue weighted by molar-refractivity contribution is -0.155. The highest BCUT2D eigenvalue weighted by Crippen LogP contribution is 2.44. The van der Waals surface area contributed by atoms with Crippen LogP contribution in [0.3, 0.4) is 0 Å². The normalized spacial score (nSPS) is 16.1. The zero-order chi connectivity index (χ0) is 16.2. The fourth-order valence-electron chi connectivity index (χ4n) is 3.39. The average molecular weight is 340 g/mol. The summed E-state index contributed by atoms with van der Waals surface area (Å²) < 4.78 is 5.65. The predicted molar refractivity (Wildman–Crippen MR) is 97.2 cm³/mol. The van der Waals surface area contributed by atoms with Crippen molar-refractivity contribution in [3.05, 3.63) is 35.9 Å². The number of halogens is 1. The Morgan fingerprint density at radius 3 is 2.13 bits per heavy atom. The fraction of sp³-hybridized carbons (Fsp3) is 0.632. The zero-order valence-electron chi connectivity index (χ0n) is 14.7. The summed E-state index contributed by atoms with van der Waals surface area (Å²) in [6.45, 7) is 9.99. The summed E-state index contributed by atoms with van der Waals surface area (Å²) in [6, 6.07) is 11.0. The summed E-state index contributed by atoms with van der Waals surface area (Å²) in [7, 11) is 0. The van der Waals surface area contributed by atoms with Crippen LogP contribution in [0.25, 0.3) is 0 Å². The second-order valence-electron chi connectivity index (χ2n) is 6.86. The number of carbonyl (C=O) groups is 1. The van der Waals surface area contributed by atoms with Crippen LogP contribution < -0.4 is 0 Å². The third-order valence-corrected chi connectivity index (χ3v) is 4.83. The van der Waals surface area contributed by atoms with E-state index in [-0.39, 0.29) is 23.8 Å². The summed E-state index contributed by atoms with van der Waals surface area (Å²) >= 11 is 0. The minimum absolute atomic E-state index is 0. The van der Waals surface area contributed by atoms with Crippen LogP contribution in [0, 0.1) is 0 Å². The molecule has 3 nitrogen and oxygen atoms in total. The van der Waals surface area contributed by atoms with Crippen molar-refractivity contribution < 1.29 is 9.53 Å². The van der Waals surface area contributed by atoms with Crippen LogP contribution in [-0.4, -0.2) is 36.1 Å². The fourth-order valence-corrected chi connectivity index (χ4v) is 3.39. The van der Waals surface area contributed by atoms with Crippen molar-refractivity contribution in [2.45, 2.75) is 64.5 Å². The summed E-state index contributed by atoms with van der Waals surface area (Å²) in [6.07, 6.45) is 2.93. The molecule has 1 fully saturated rings. The average Bonchev–Trinajstić information content (AvgIpc) is 2.42. The smallest absolute Gasteiger partial charge is 0.316 e. The van der Waals surface area contributed by atoms with Gasteiger partial charge in [-0.15, -0.1) is 12.4 Å². The lowest BCUT2D eigenvalue weighted by atomic mass is 9.64. The van der Waals surface area contributed by atoms with Gasteiger partial charge in [-0.1, -0.05) is 36.8 Å². The summed E-state index contributed by atoms with van der Waals surface area (Å²) in [5.41, 5.74) is 0.720. The number of nitrogens with zero attached hydrogens (tertiary/aromatic N) is 1. The van der Waals surface area contributed by atoms with Crippen molar-refractivity contribution in [3.63, 3.8) is 0 Å². The number of carbonyl (C=O) groups excluding carboxylic acids is 1. The van der Waals surface area contributed by atoms with Crippen LogP contribution in [0.15, 0.2) is 30.3 Å². The van der Waals surface area contributed by atoms with E-state index in [9.17, 15) is 4.79 Å². The Hall–Kier alpha value is -1.06. The maximum Gasteiger partial charge on any atom is 0.316 e. The monoisotopic (exact) mass is 339 g/mol. The molecule has 0 heterocycles. The topological polar surface area (TPSA) is 29.5 Å². The molecule has 130 valence electrons. The molecule has 0 aliphatic heterocycles. The van der Waals surface area contributed by atoms with Crippen molar-refractivity contribution in [1.82, 2.24) is 4.90 Å². The molecule has 1 saturated carbocycles. The molecule has 4 heteroatoms. The molecule has 23 heavy (non-hydrogen) atoms. The van der Waals surface area contributed by atoms with Gasteiger partial charge in [0.1, 0.15) is 6.61 Å². The molecule has 0 amide bonds. The molecule has 0 spiro atoms. The predicted octanol–water partition coefficient (Wildman–Crippen LogP) is 4.19. The first-order valence-electron chi connectivity index (χ1n) is 8.46. The highest BCUT2D eigenvalue weighted by Gasteiger charge is 2.46. The number of ether oxygens (including phenoxy) is 1. The van der Waals surface area contributed by atoms with Crippen molar-refractivity contribution in [2.75, 3.05) is 13.2 Å². The Bertz CT molecular complexity index is 475. The van der Waals surface area contributed by atoms with Gasteiger partial charge in [-0.25, -0.2) is 0 Å². The van der Waals surface area contributed by atoms with E-state index >= 15 is 0 Å². The first kappa shape index (κ1) is 20.0. The van der Waals surface area contributed by atoms with Crippen LogP contribution in [0.5, 0.6) is 0 Å². The van der Waals surface area contributed by atoms with E-state index in [1.165, 1.54) is 0 Å². The third kappa shape index (κ3) is 4.48. The number of hydrogen-bond acceptors (Lipinski definition) is 3. The summed E-state index contributed by atoms with van der Waals surface area (Å²) in [4.78, 5) is 15.0. The van der Waals surface area contributed by atoms with Crippen molar-refractivity contribution in [1.29, 1.82) is 0 Å². The summed E-state index contributed by atoms with van der Waals surface area (Å²) in [5.74, 6) is -0.0441. The zero-order valence-corrected chi connectivity index (χ0v) is 15.6. The molecule has 0 bridgehead atoms. The van der Waals surface area contributed by atoms with Gasteiger partial charge in [0.15, 0.2) is 0 Å². The molecule has 1 aromatic carbocycles. The Kier molecular flexibility index (Phi) is 7.56. The minimum Gasteiger partial charge on any atom is -0.464 e. The van der Waals surface area contributed by atoms with Crippen LogP contribution in [-0.2, 0) is 14.9 Å². The minimum atomic E-state index is -0.387. The van der Waals surface area contributed by atoms with Crippen molar-refractivity contribution in [3.8, 4) is 0 Å². The SMILES string of the molecule is CC(C)N(CCOC(=O)C1(c2ccccc2)CCC1)C(C)C.Cl. The van der Waals surface area contributed by atoms with E-state index in [1.54, 1.807) is 0 Å². The van der Waals surface area contributed by atoms with E-state index in [2.05, 4.69) is 44.7 Å². The molecule has 1 aliphatic carbocycles. The number of hydrogen-bond donors (Lipinski definition) is 0. The Balaban J connectivity index is 0.00000264. The molecule has 0 N–H and O–H groups in total. The van der Waals surface area contributed by atoms with E-state index < -0.39 is 0 Å². The van der Waals surface area contributed by atoms with E-state index in [0.29, 0.717) is 18.7 Å². The molecule has 0 atom stereocenters. The largest absolute Gasteiger partial charge is 0.464 e. The second kappa shape index (κ2) is 8.70. The van der Waals surface area contributed by atoms with Crippen LogP contribution in [0.4, 0.5) is 0 Å². The van der Waals surface area contributed by atoms with Gasteiger partial charge in [0.2, 0.25) is 0 Å². The maximum absolute atomic E-state index is 12.6. The van der Waals surface area contributed by atoms with E-state index in [4.69, 9.17) is 4.74 Å². The van der Waals surface area contributed by atoms with E-state index in [1.807, 2.05) is 18.2 Å². The molecular weight excluding hydrogens is 310 g/mol. The Morgan fingerprint density at radius 2 is 1.70 bits per heavy atom. The quantitative estimate of drug-likeness (QED) is 0.697. The van der Waals surface area contributed by atoms with Gasteiger partial charge in [-0.3, -0.25) is 9.69 Å². The third-order valence-electron chi connectivity index (χ3n) is 4.83. The molecule has 1 aromatic rings. The standard InChI is InChI=1S/C19H29NO2.ClH/c1-15(2)20(16(3)4)13-14-22-18(21)19(11-8-12-19)17-9-6-5-7-10-17;/h5-7,9-10,15-16H,8,11-14H2,1-4H3;1H.